The molecule has 0 spiro atoms. The SMILES string of the molecule is CC1OC(C2=NOCC2C(F)(F)F)(c2cc(Cl)cc(Cl)c2)C=C1C(=O)O. The number of ether oxygens (including phenoxy) is 1. The van der Waals surface area contributed by atoms with Crippen LogP contribution in [0.25, 0.3) is 0 Å². The molecule has 3 rings (SSSR count). The molecule has 2 heterocycles. The molecule has 0 saturated heterocycles. The maximum atomic E-state index is 13.5. The van der Waals surface area contributed by atoms with Crippen LogP contribution in [0.15, 0.2) is 35.0 Å². The zero-order chi connectivity index (χ0) is 19.3. The van der Waals surface area contributed by atoms with Gasteiger partial charge in [0.15, 0.2) is 5.60 Å². The van der Waals surface area contributed by atoms with E-state index in [0.29, 0.717) is 0 Å². The third-order valence-corrected chi connectivity index (χ3v) is 4.64. The van der Waals surface area contributed by atoms with Gasteiger partial charge in [-0.25, -0.2) is 4.79 Å². The van der Waals surface area contributed by atoms with Gasteiger partial charge in [-0.2, -0.15) is 13.2 Å². The van der Waals surface area contributed by atoms with Crippen LogP contribution < -0.4 is 0 Å². The molecule has 5 nitrogen and oxygen atoms in total. The summed E-state index contributed by atoms with van der Waals surface area (Å²) >= 11 is 12.0. The third kappa shape index (κ3) is 3.17. The monoisotopic (exact) mass is 409 g/mol. The van der Waals surface area contributed by atoms with Crippen LogP contribution in [0.4, 0.5) is 13.2 Å². The fourth-order valence-electron chi connectivity index (χ4n) is 3.05. The Morgan fingerprint density at radius 3 is 2.42 bits per heavy atom. The van der Waals surface area contributed by atoms with Crippen LogP contribution in [0, 0.1) is 5.92 Å². The molecule has 10 heteroatoms. The van der Waals surface area contributed by atoms with Crippen molar-refractivity contribution < 1.29 is 32.6 Å². The van der Waals surface area contributed by atoms with Crippen LogP contribution in [0.5, 0.6) is 0 Å². The molecule has 0 amide bonds. The number of carbonyl (C=O) groups is 1. The topological polar surface area (TPSA) is 68.1 Å². The third-order valence-electron chi connectivity index (χ3n) is 4.21. The van der Waals surface area contributed by atoms with Gasteiger partial charge in [-0.3, -0.25) is 0 Å². The Morgan fingerprint density at radius 1 is 1.31 bits per heavy atom. The number of carboxylic acids is 1. The number of hydrogen-bond acceptors (Lipinski definition) is 4. The van der Waals surface area contributed by atoms with E-state index in [-0.39, 0.29) is 21.2 Å². The predicted molar refractivity (Wildman–Crippen MR) is 87.3 cm³/mol. The number of rotatable bonds is 3. The van der Waals surface area contributed by atoms with Crippen molar-refractivity contribution in [1.82, 2.24) is 0 Å². The van der Waals surface area contributed by atoms with Gasteiger partial charge in [-0.15, -0.1) is 0 Å². The lowest BCUT2D eigenvalue weighted by molar-refractivity contribution is -0.163. The van der Waals surface area contributed by atoms with Gasteiger partial charge < -0.3 is 14.7 Å². The van der Waals surface area contributed by atoms with Gasteiger partial charge in [0.2, 0.25) is 0 Å². The minimum absolute atomic E-state index is 0.136. The van der Waals surface area contributed by atoms with Crippen molar-refractivity contribution in [2.45, 2.75) is 24.8 Å². The van der Waals surface area contributed by atoms with Crippen molar-refractivity contribution in [2.24, 2.45) is 11.1 Å². The lowest BCUT2D eigenvalue weighted by Crippen LogP contribution is -2.44. The average molecular weight is 410 g/mol. The fraction of sp³-hybridized carbons (Fsp3) is 0.375. The van der Waals surface area contributed by atoms with Gasteiger partial charge in [0.05, 0.1) is 11.7 Å². The van der Waals surface area contributed by atoms with Crippen molar-refractivity contribution in [3.8, 4) is 0 Å². The van der Waals surface area contributed by atoms with E-state index in [9.17, 15) is 23.1 Å². The molecule has 1 aromatic rings. The summed E-state index contributed by atoms with van der Waals surface area (Å²) in [5.74, 6) is -3.37. The molecule has 0 bridgehead atoms. The Bertz CT molecular complexity index is 804. The van der Waals surface area contributed by atoms with Crippen LogP contribution in [-0.2, 0) is 20.0 Å². The molecule has 2 aliphatic rings. The van der Waals surface area contributed by atoms with Gasteiger partial charge in [0.1, 0.15) is 18.2 Å². The van der Waals surface area contributed by atoms with Crippen LogP contribution in [0.3, 0.4) is 0 Å². The van der Waals surface area contributed by atoms with E-state index in [1.165, 1.54) is 25.1 Å². The van der Waals surface area contributed by atoms with Crippen molar-refractivity contribution in [3.63, 3.8) is 0 Å². The molecular weight excluding hydrogens is 398 g/mol. The lowest BCUT2D eigenvalue weighted by atomic mass is 9.82. The molecule has 0 fully saturated rings. The number of aliphatic carboxylic acids is 1. The molecule has 0 radical (unpaired) electrons. The molecule has 26 heavy (non-hydrogen) atoms. The maximum Gasteiger partial charge on any atom is 0.400 e. The van der Waals surface area contributed by atoms with Crippen LogP contribution in [0.2, 0.25) is 10.0 Å². The first-order valence-electron chi connectivity index (χ1n) is 7.42. The summed E-state index contributed by atoms with van der Waals surface area (Å²) in [4.78, 5) is 16.2. The fourth-order valence-corrected chi connectivity index (χ4v) is 3.58. The molecule has 0 aliphatic carbocycles. The highest BCUT2D eigenvalue weighted by molar-refractivity contribution is 6.34. The molecule has 2 aliphatic heterocycles. The summed E-state index contributed by atoms with van der Waals surface area (Å²) in [7, 11) is 0. The number of carboxylic acid groups (broad SMARTS) is 1. The Kier molecular flexibility index (Phi) is 4.71. The Hall–Kier alpha value is -1.77. The molecule has 0 saturated carbocycles. The average Bonchev–Trinajstić information content (AvgIpc) is 3.10. The number of alkyl halides is 3. The molecule has 1 N–H and O–H groups in total. The zero-order valence-corrected chi connectivity index (χ0v) is 14.7. The Morgan fingerprint density at radius 2 is 1.92 bits per heavy atom. The zero-order valence-electron chi connectivity index (χ0n) is 13.2. The molecule has 140 valence electrons. The smallest absolute Gasteiger partial charge is 0.400 e. The van der Waals surface area contributed by atoms with E-state index < -0.39 is 42.1 Å². The second-order valence-electron chi connectivity index (χ2n) is 5.93. The number of oxime groups is 1. The predicted octanol–water partition coefficient (Wildman–Crippen LogP) is 4.18. The summed E-state index contributed by atoms with van der Waals surface area (Å²) in [6, 6.07) is 4.11. The number of hydrogen-bond donors (Lipinski definition) is 1. The summed E-state index contributed by atoms with van der Waals surface area (Å²) in [5.41, 5.74) is -2.46. The van der Waals surface area contributed by atoms with E-state index >= 15 is 0 Å². The second kappa shape index (κ2) is 6.44. The van der Waals surface area contributed by atoms with Gasteiger partial charge in [0, 0.05) is 10.0 Å². The van der Waals surface area contributed by atoms with E-state index in [4.69, 9.17) is 32.8 Å². The van der Waals surface area contributed by atoms with Gasteiger partial charge in [-0.1, -0.05) is 28.4 Å². The van der Waals surface area contributed by atoms with E-state index in [0.717, 1.165) is 6.08 Å². The molecule has 3 atom stereocenters. The summed E-state index contributed by atoms with van der Waals surface area (Å²) < 4.78 is 46.1. The van der Waals surface area contributed by atoms with Gasteiger partial charge in [0.25, 0.3) is 0 Å². The van der Waals surface area contributed by atoms with Gasteiger partial charge in [-0.05, 0) is 36.8 Å². The quantitative estimate of drug-likeness (QED) is 0.812. The normalized spacial score (nSPS) is 28.5. The minimum atomic E-state index is -4.66. The molecular formula is C16H12Cl2F3NO4. The standard InChI is InChI=1S/C16H12Cl2F3NO4/c1-7-11(14(23)24)5-15(26-7,8-2-9(17)4-10(18)3-8)13-12(6-25-22-13)16(19,20)21/h2-5,7,12H,6H2,1H3,(H,23,24). The first kappa shape index (κ1) is 19.0. The number of nitrogens with zero attached hydrogens (tertiary/aromatic N) is 1. The van der Waals surface area contributed by atoms with E-state index in [2.05, 4.69) is 5.16 Å². The number of benzene rings is 1. The van der Waals surface area contributed by atoms with E-state index in [1.807, 2.05) is 0 Å². The summed E-state index contributed by atoms with van der Waals surface area (Å²) in [6.45, 7) is 0.704. The second-order valence-corrected chi connectivity index (χ2v) is 6.80. The lowest BCUT2D eigenvalue weighted by Gasteiger charge is -2.31. The molecule has 1 aromatic carbocycles. The Balaban J connectivity index is 2.23. The minimum Gasteiger partial charge on any atom is -0.478 e. The van der Waals surface area contributed by atoms with Gasteiger partial charge >= 0.3 is 12.1 Å². The maximum absolute atomic E-state index is 13.5. The molecule has 0 aromatic heterocycles. The largest absolute Gasteiger partial charge is 0.478 e. The number of halogens is 5. The van der Waals surface area contributed by atoms with Crippen molar-refractivity contribution >= 4 is 34.9 Å². The van der Waals surface area contributed by atoms with E-state index in [1.54, 1.807) is 0 Å². The van der Waals surface area contributed by atoms with Crippen LogP contribution in [-0.4, -0.2) is 35.7 Å². The summed E-state index contributed by atoms with van der Waals surface area (Å²) in [5, 5.41) is 13.2. The van der Waals surface area contributed by atoms with Crippen molar-refractivity contribution in [3.05, 3.63) is 45.5 Å². The van der Waals surface area contributed by atoms with Crippen molar-refractivity contribution in [2.75, 3.05) is 6.61 Å². The van der Waals surface area contributed by atoms with Crippen molar-refractivity contribution in [1.29, 1.82) is 0 Å². The summed E-state index contributed by atoms with van der Waals surface area (Å²) in [6.07, 6.45) is -4.53. The highest BCUT2D eigenvalue weighted by Gasteiger charge is 2.57. The first-order chi connectivity index (χ1) is 12.0. The highest BCUT2D eigenvalue weighted by atomic mass is 35.5. The van der Waals surface area contributed by atoms with Crippen LogP contribution >= 0.6 is 23.2 Å². The molecule has 3 unspecified atom stereocenters. The Labute approximate surface area is 156 Å². The first-order valence-corrected chi connectivity index (χ1v) is 8.17. The van der Waals surface area contributed by atoms with Crippen LogP contribution in [0.1, 0.15) is 12.5 Å². The highest BCUT2D eigenvalue weighted by Crippen LogP contribution is 2.46.